The first kappa shape index (κ1) is 18.1. The van der Waals surface area contributed by atoms with Crippen molar-refractivity contribution in [3.05, 3.63) is 40.3 Å². The first-order valence-electron chi connectivity index (χ1n) is 8.79. The Hall–Kier alpha value is -2.70. The standard InChI is InChI=1S/C19H23N3O4/c1-21-19(25)15-6-4-3-5-14(15)16(20-21)12-17(23)22-9-7-13(8-10-22)11-18(24)26-2/h3-6,13H,7-12H2,1-2H3. The minimum atomic E-state index is -0.198. The molecular formula is C19H23N3O4. The number of ether oxygens (including phenoxy) is 1. The number of amides is 1. The van der Waals surface area contributed by atoms with Crippen LogP contribution < -0.4 is 5.56 Å². The molecule has 0 unspecified atom stereocenters. The van der Waals surface area contributed by atoms with E-state index in [9.17, 15) is 14.4 Å². The fourth-order valence-corrected chi connectivity index (χ4v) is 3.47. The minimum absolute atomic E-state index is 0.00202. The number of likely N-dealkylation sites (tertiary alicyclic amines) is 1. The van der Waals surface area contributed by atoms with Crippen LogP contribution in [0.5, 0.6) is 0 Å². The van der Waals surface area contributed by atoms with Gasteiger partial charge in [0, 0.05) is 31.9 Å². The molecule has 1 amide bonds. The van der Waals surface area contributed by atoms with Crippen molar-refractivity contribution in [1.82, 2.24) is 14.7 Å². The third kappa shape index (κ3) is 3.76. The highest BCUT2D eigenvalue weighted by molar-refractivity contribution is 5.88. The molecular weight excluding hydrogens is 334 g/mol. The van der Waals surface area contributed by atoms with Crippen molar-refractivity contribution in [2.75, 3.05) is 20.2 Å². The van der Waals surface area contributed by atoms with Crippen molar-refractivity contribution in [2.24, 2.45) is 13.0 Å². The van der Waals surface area contributed by atoms with Gasteiger partial charge in [0.05, 0.1) is 24.6 Å². The number of fused-ring (bicyclic) bond motifs is 1. The molecule has 3 rings (SSSR count). The highest BCUT2D eigenvalue weighted by atomic mass is 16.5. The maximum Gasteiger partial charge on any atom is 0.305 e. The number of benzene rings is 1. The molecule has 1 aliphatic rings. The van der Waals surface area contributed by atoms with E-state index in [4.69, 9.17) is 4.74 Å². The summed E-state index contributed by atoms with van der Waals surface area (Å²) in [5.41, 5.74) is 0.449. The largest absolute Gasteiger partial charge is 0.469 e. The Bertz CT molecular complexity index is 882. The second kappa shape index (κ2) is 7.68. The van der Waals surface area contributed by atoms with Crippen molar-refractivity contribution in [1.29, 1.82) is 0 Å². The van der Waals surface area contributed by atoms with Gasteiger partial charge < -0.3 is 9.64 Å². The topological polar surface area (TPSA) is 81.5 Å². The lowest BCUT2D eigenvalue weighted by molar-refractivity contribution is -0.142. The van der Waals surface area contributed by atoms with Gasteiger partial charge >= 0.3 is 5.97 Å². The predicted octanol–water partition coefficient (Wildman–Crippen LogP) is 1.28. The Balaban J connectivity index is 1.70. The van der Waals surface area contributed by atoms with Gasteiger partial charge in [0.15, 0.2) is 0 Å². The zero-order chi connectivity index (χ0) is 18.7. The van der Waals surface area contributed by atoms with Crippen molar-refractivity contribution < 1.29 is 14.3 Å². The molecule has 2 aromatic rings. The quantitative estimate of drug-likeness (QED) is 0.770. The zero-order valence-corrected chi connectivity index (χ0v) is 15.1. The third-order valence-corrected chi connectivity index (χ3v) is 5.00. The summed E-state index contributed by atoms with van der Waals surface area (Å²) < 4.78 is 6.00. The van der Waals surface area contributed by atoms with E-state index in [0.29, 0.717) is 30.6 Å². The molecule has 0 saturated carbocycles. The molecule has 0 N–H and O–H groups in total. The van der Waals surface area contributed by atoms with Crippen molar-refractivity contribution in [3.63, 3.8) is 0 Å². The summed E-state index contributed by atoms with van der Waals surface area (Å²) >= 11 is 0. The summed E-state index contributed by atoms with van der Waals surface area (Å²) in [7, 11) is 2.99. The molecule has 138 valence electrons. The number of esters is 1. The van der Waals surface area contributed by atoms with E-state index >= 15 is 0 Å². The molecule has 1 aromatic heterocycles. The van der Waals surface area contributed by atoms with Crippen molar-refractivity contribution in [2.45, 2.75) is 25.7 Å². The number of aryl methyl sites for hydroxylation is 1. The van der Waals surface area contributed by atoms with Gasteiger partial charge in [-0.1, -0.05) is 18.2 Å². The van der Waals surface area contributed by atoms with Gasteiger partial charge in [0.25, 0.3) is 5.56 Å². The number of aromatic nitrogens is 2. The number of hydrogen-bond acceptors (Lipinski definition) is 5. The molecule has 0 bridgehead atoms. The maximum atomic E-state index is 12.7. The Kier molecular flexibility index (Phi) is 5.35. The molecule has 26 heavy (non-hydrogen) atoms. The summed E-state index contributed by atoms with van der Waals surface area (Å²) in [6.07, 6.45) is 2.16. The monoisotopic (exact) mass is 357 g/mol. The van der Waals surface area contributed by atoms with Crippen LogP contribution in [0.25, 0.3) is 10.8 Å². The lowest BCUT2D eigenvalue weighted by Gasteiger charge is -2.31. The average Bonchev–Trinajstić information content (AvgIpc) is 2.66. The van der Waals surface area contributed by atoms with Crippen LogP contribution in [0.1, 0.15) is 25.0 Å². The van der Waals surface area contributed by atoms with Crippen LogP contribution >= 0.6 is 0 Å². The number of carbonyl (C=O) groups is 2. The number of hydrogen-bond donors (Lipinski definition) is 0. The number of piperidine rings is 1. The molecule has 7 heteroatoms. The molecule has 1 saturated heterocycles. The van der Waals surface area contributed by atoms with Gasteiger partial charge in [-0.25, -0.2) is 4.68 Å². The molecule has 1 aromatic carbocycles. The van der Waals surface area contributed by atoms with Crippen LogP contribution in [-0.4, -0.2) is 46.8 Å². The smallest absolute Gasteiger partial charge is 0.305 e. The first-order valence-corrected chi connectivity index (χ1v) is 8.79. The molecule has 1 aliphatic heterocycles. The fraction of sp³-hybridized carbons (Fsp3) is 0.474. The third-order valence-electron chi connectivity index (χ3n) is 5.00. The van der Waals surface area contributed by atoms with E-state index in [-0.39, 0.29) is 29.8 Å². The Morgan fingerprint density at radius 2 is 1.85 bits per heavy atom. The second-order valence-electron chi connectivity index (χ2n) is 6.70. The van der Waals surface area contributed by atoms with Gasteiger partial charge in [-0.3, -0.25) is 14.4 Å². The fourth-order valence-electron chi connectivity index (χ4n) is 3.47. The molecule has 1 fully saturated rings. The van der Waals surface area contributed by atoms with E-state index < -0.39 is 0 Å². The van der Waals surface area contributed by atoms with E-state index in [0.717, 1.165) is 18.2 Å². The lowest BCUT2D eigenvalue weighted by atomic mass is 9.93. The lowest BCUT2D eigenvalue weighted by Crippen LogP contribution is -2.40. The Morgan fingerprint density at radius 1 is 1.19 bits per heavy atom. The van der Waals surface area contributed by atoms with E-state index in [2.05, 4.69) is 5.10 Å². The van der Waals surface area contributed by atoms with Gasteiger partial charge in [0.2, 0.25) is 5.91 Å². The van der Waals surface area contributed by atoms with Crippen LogP contribution in [0.4, 0.5) is 0 Å². The molecule has 0 spiro atoms. The summed E-state index contributed by atoms with van der Waals surface area (Å²) in [6, 6.07) is 7.23. The number of methoxy groups -OCH3 is 1. The summed E-state index contributed by atoms with van der Waals surface area (Å²) in [4.78, 5) is 38.1. The molecule has 0 radical (unpaired) electrons. The first-order chi connectivity index (χ1) is 12.5. The number of rotatable bonds is 4. The molecule has 0 aliphatic carbocycles. The van der Waals surface area contributed by atoms with Crippen molar-refractivity contribution in [3.8, 4) is 0 Å². The SMILES string of the molecule is COC(=O)CC1CCN(C(=O)Cc2nn(C)c(=O)c3ccccc23)CC1. The number of nitrogens with zero attached hydrogens (tertiary/aromatic N) is 3. The van der Waals surface area contributed by atoms with Gasteiger partial charge in [-0.05, 0) is 24.8 Å². The summed E-state index contributed by atoms with van der Waals surface area (Å²) in [5.74, 6) is 0.0662. The van der Waals surface area contributed by atoms with Crippen LogP contribution in [0.2, 0.25) is 0 Å². The zero-order valence-electron chi connectivity index (χ0n) is 15.1. The minimum Gasteiger partial charge on any atom is -0.469 e. The molecule has 2 heterocycles. The van der Waals surface area contributed by atoms with Gasteiger partial charge in [-0.2, -0.15) is 5.10 Å². The van der Waals surface area contributed by atoms with Crippen LogP contribution in [0.3, 0.4) is 0 Å². The average molecular weight is 357 g/mol. The van der Waals surface area contributed by atoms with Gasteiger partial charge in [-0.15, -0.1) is 0 Å². The van der Waals surface area contributed by atoms with Crippen LogP contribution in [0, 0.1) is 5.92 Å². The van der Waals surface area contributed by atoms with E-state index in [1.165, 1.54) is 11.8 Å². The predicted molar refractivity (Wildman–Crippen MR) is 96.6 cm³/mol. The van der Waals surface area contributed by atoms with Crippen molar-refractivity contribution >= 4 is 22.6 Å². The maximum absolute atomic E-state index is 12.7. The van der Waals surface area contributed by atoms with Gasteiger partial charge in [0.1, 0.15) is 0 Å². The molecule has 7 nitrogen and oxygen atoms in total. The molecule has 0 atom stereocenters. The number of carbonyl (C=O) groups excluding carboxylic acids is 2. The summed E-state index contributed by atoms with van der Waals surface area (Å²) in [6.45, 7) is 1.26. The van der Waals surface area contributed by atoms with E-state index in [1.807, 2.05) is 17.0 Å². The highest BCUT2D eigenvalue weighted by Gasteiger charge is 2.25. The highest BCUT2D eigenvalue weighted by Crippen LogP contribution is 2.22. The van der Waals surface area contributed by atoms with Crippen LogP contribution in [-0.2, 0) is 27.8 Å². The normalized spacial score (nSPS) is 15.2. The Labute approximate surface area is 151 Å². The Morgan fingerprint density at radius 3 is 2.50 bits per heavy atom. The van der Waals surface area contributed by atoms with Crippen LogP contribution in [0.15, 0.2) is 29.1 Å². The van der Waals surface area contributed by atoms with E-state index in [1.54, 1.807) is 19.2 Å². The summed E-state index contributed by atoms with van der Waals surface area (Å²) in [5, 5.41) is 5.60. The second-order valence-corrected chi connectivity index (χ2v) is 6.70.